The number of nitrogens with one attached hydrogen (secondary N) is 2. The topological polar surface area (TPSA) is 84.2 Å². The highest BCUT2D eigenvalue weighted by atomic mass is 32.2. The monoisotopic (exact) mass is 394 g/mol. The summed E-state index contributed by atoms with van der Waals surface area (Å²) in [6.07, 6.45) is 1.47. The molecule has 0 aliphatic heterocycles. The molecular weight excluding hydrogens is 379 g/mol. The summed E-state index contributed by atoms with van der Waals surface area (Å²) in [5.41, 5.74) is 1.57. The van der Waals surface area contributed by atoms with E-state index in [4.69, 9.17) is 0 Å². The number of carbonyl (C=O) groups excluding carboxylic acids is 1. The number of para-hydroxylation sites is 1. The number of anilines is 2. The van der Waals surface area contributed by atoms with E-state index in [2.05, 4.69) is 25.7 Å². The summed E-state index contributed by atoms with van der Waals surface area (Å²) in [4.78, 5) is 21.4. The third-order valence-corrected chi connectivity index (χ3v) is 4.81. The van der Waals surface area contributed by atoms with Gasteiger partial charge >= 0.3 is 6.03 Å². The van der Waals surface area contributed by atoms with Crippen LogP contribution in [0.5, 0.6) is 0 Å². The van der Waals surface area contributed by atoms with E-state index in [1.54, 1.807) is 28.8 Å². The van der Waals surface area contributed by atoms with Crippen LogP contribution in [-0.2, 0) is 0 Å². The molecule has 0 bridgehead atoms. The van der Waals surface area contributed by atoms with Gasteiger partial charge in [0.25, 0.3) is 5.78 Å². The van der Waals surface area contributed by atoms with Gasteiger partial charge in [-0.2, -0.15) is 14.6 Å². The molecule has 28 heavy (non-hydrogen) atoms. The second kappa shape index (κ2) is 7.65. The maximum atomic E-state index is 13.6. The van der Waals surface area contributed by atoms with Crippen LogP contribution in [0.3, 0.4) is 0 Å². The molecule has 2 amide bonds. The quantitative estimate of drug-likeness (QED) is 0.502. The molecule has 0 fully saturated rings. The Labute approximate surface area is 164 Å². The second-order valence-corrected chi connectivity index (χ2v) is 6.99. The SMILES string of the molecule is Cc1cc(Sc2ccc(NC(=O)Nc3ccccc3F)cc2)n2ncnc2n1. The molecule has 0 spiro atoms. The van der Waals surface area contributed by atoms with Crippen molar-refractivity contribution in [3.8, 4) is 0 Å². The van der Waals surface area contributed by atoms with Gasteiger partial charge in [-0.15, -0.1) is 0 Å². The van der Waals surface area contributed by atoms with Crippen LogP contribution in [0.25, 0.3) is 5.78 Å². The summed E-state index contributed by atoms with van der Waals surface area (Å²) in [5, 5.41) is 10.2. The predicted octanol–water partition coefficient (Wildman–Crippen LogP) is 4.37. The van der Waals surface area contributed by atoms with Crippen LogP contribution >= 0.6 is 11.8 Å². The lowest BCUT2D eigenvalue weighted by molar-refractivity contribution is 0.262. The number of benzene rings is 2. The minimum Gasteiger partial charge on any atom is -0.308 e. The summed E-state index contributed by atoms with van der Waals surface area (Å²) in [7, 11) is 0. The lowest BCUT2D eigenvalue weighted by Gasteiger charge is -2.09. The number of aryl methyl sites for hydroxylation is 1. The minimum atomic E-state index is -0.514. The maximum Gasteiger partial charge on any atom is 0.323 e. The van der Waals surface area contributed by atoms with Gasteiger partial charge in [0.2, 0.25) is 0 Å². The van der Waals surface area contributed by atoms with E-state index < -0.39 is 11.8 Å². The molecular formula is C19H15FN6OS. The Balaban J connectivity index is 1.44. The molecule has 0 aliphatic carbocycles. The van der Waals surface area contributed by atoms with Gasteiger partial charge in [0.05, 0.1) is 5.69 Å². The highest BCUT2D eigenvalue weighted by molar-refractivity contribution is 7.99. The van der Waals surface area contributed by atoms with E-state index in [1.807, 2.05) is 25.1 Å². The summed E-state index contributed by atoms with van der Waals surface area (Å²) >= 11 is 1.51. The van der Waals surface area contributed by atoms with Crippen molar-refractivity contribution < 1.29 is 9.18 Å². The first kappa shape index (κ1) is 17.9. The van der Waals surface area contributed by atoms with Crippen molar-refractivity contribution in [2.75, 3.05) is 10.6 Å². The van der Waals surface area contributed by atoms with Gasteiger partial charge in [0.15, 0.2) is 0 Å². The van der Waals surface area contributed by atoms with Crippen LogP contribution in [-0.4, -0.2) is 25.6 Å². The molecule has 140 valence electrons. The van der Waals surface area contributed by atoms with Crippen molar-refractivity contribution in [1.82, 2.24) is 19.6 Å². The number of halogens is 1. The Kier molecular flexibility index (Phi) is 4.90. The molecule has 0 saturated carbocycles. The first-order valence-electron chi connectivity index (χ1n) is 8.36. The fourth-order valence-electron chi connectivity index (χ4n) is 2.54. The first-order chi connectivity index (χ1) is 13.6. The van der Waals surface area contributed by atoms with Gasteiger partial charge < -0.3 is 10.6 Å². The lowest BCUT2D eigenvalue weighted by atomic mass is 10.3. The Hall–Kier alpha value is -3.46. The molecule has 4 aromatic rings. The van der Waals surface area contributed by atoms with Gasteiger partial charge in [0.1, 0.15) is 17.2 Å². The summed E-state index contributed by atoms with van der Waals surface area (Å²) < 4.78 is 15.3. The Morgan fingerprint density at radius 1 is 1.11 bits per heavy atom. The molecule has 0 aliphatic rings. The average Bonchev–Trinajstić information content (AvgIpc) is 3.14. The third kappa shape index (κ3) is 3.94. The van der Waals surface area contributed by atoms with E-state index >= 15 is 0 Å². The normalized spacial score (nSPS) is 10.8. The maximum absolute atomic E-state index is 13.6. The molecule has 9 heteroatoms. The van der Waals surface area contributed by atoms with Gasteiger partial charge in [-0.1, -0.05) is 23.9 Å². The Morgan fingerprint density at radius 3 is 2.68 bits per heavy atom. The lowest BCUT2D eigenvalue weighted by Crippen LogP contribution is -2.20. The van der Waals surface area contributed by atoms with Gasteiger partial charge in [-0.25, -0.2) is 14.2 Å². The number of carbonyl (C=O) groups is 1. The Morgan fingerprint density at radius 2 is 1.89 bits per heavy atom. The zero-order valence-corrected chi connectivity index (χ0v) is 15.6. The highest BCUT2D eigenvalue weighted by Gasteiger charge is 2.09. The van der Waals surface area contributed by atoms with Crippen molar-refractivity contribution in [1.29, 1.82) is 0 Å². The molecule has 0 saturated heterocycles. The summed E-state index contributed by atoms with van der Waals surface area (Å²) in [6.45, 7) is 1.90. The zero-order chi connectivity index (χ0) is 19.5. The number of urea groups is 1. The zero-order valence-electron chi connectivity index (χ0n) is 14.8. The predicted molar refractivity (Wildman–Crippen MR) is 105 cm³/mol. The van der Waals surface area contributed by atoms with Crippen LogP contribution in [0.4, 0.5) is 20.6 Å². The molecule has 7 nitrogen and oxygen atoms in total. The number of nitrogens with zero attached hydrogens (tertiary/aromatic N) is 4. The average molecular weight is 394 g/mol. The fourth-order valence-corrected chi connectivity index (χ4v) is 3.50. The molecule has 4 rings (SSSR count). The van der Waals surface area contributed by atoms with Crippen molar-refractivity contribution in [2.45, 2.75) is 16.8 Å². The number of rotatable bonds is 4. The summed E-state index contributed by atoms with van der Waals surface area (Å²) in [5.74, 6) is 0.0575. The molecule has 0 radical (unpaired) electrons. The van der Waals surface area contributed by atoms with Crippen LogP contribution < -0.4 is 10.6 Å². The van der Waals surface area contributed by atoms with Crippen molar-refractivity contribution in [2.24, 2.45) is 0 Å². The standard InChI is InChI=1S/C19H15FN6OS/c1-12-10-17(26-18(23-12)21-11-22-26)28-14-8-6-13(7-9-14)24-19(27)25-16-5-3-2-4-15(16)20/h2-11H,1H3,(H2,24,25,27). The van der Waals surface area contributed by atoms with Crippen LogP contribution in [0.15, 0.2) is 70.8 Å². The molecule has 2 aromatic heterocycles. The number of hydrogen-bond donors (Lipinski definition) is 2. The van der Waals surface area contributed by atoms with Crippen molar-refractivity contribution >= 4 is 34.9 Å². The molecule has 0 atom stereocenters. The van der Waals surface area contributed by atoms with Crippen LogP contribution in [0.2, 0.25) is 0 Å². The fraction of sp³-hybridized carbons (Fsp3) is 0.0526. The summed E-state index contributed by atoms with van der Waals surface area (Å²) in [6, 6.07) is 14.7. The Bertz CT molecular complexity index is 1140. The van der Waals surface area contributed by atoms with Crippen LogP contribution in [0, 0.1) is 12.7 Å². The molecule has 2 heterocycles. The van der Waals surface area contributed by atoms with E-state index in [0.29, 0.717) is 11.5 Å². The van der Waals surface area contributed by atoms with E-state index in [1.165, 1.54) is 30.2 Å². The number of hydrogen-bond acceptors (Lipinski definition) is 5. The largest absolute Gasteiger partial charge is 0.323 e. The van der Waals surface area contributed by atoms with Crippen molar-refractivity contribution in [3.05, 3.63) is 72.4 Å². The number of amides is 2. The highest BCUT2D eigenvalue weighted by Crippen LogP contribution is 2.28. The molecule has 2 N–H and O–H groups in total. The minimum absolute atomic E-state index is 0.122. The smallest absolute Gasteiger partial charge is 0.308 e. The number of aromatic nitrogens is 4. The second-order valence-electron chi connectivity index (χ2n) is 5.89. The molecule has 0 unspecified atom stereocenters. The van der Waals surface area contributed by atoms with E-state index in [9.17, 15) is 9.18 Å². The number of fused-ring (bicyclic) bond motifs is 1. The van der Waals surface area contributed by atoms with Crippen LogP contribution in [0.1, 0.15) is 5.69 Å². The first-order valence-corrected chi connectivity index (χ1v) is 9.18. The van der Waals surface area contributed by atoms with Gasteiger partial charge in [0, 0.05) is 16.3 Å². The third-order valence-electron chi connectivity index (χ3n) is 3.80. The van der Waals surface area contributed by atoms with Crippen molar-refractivity contribution in [3.63, 3.8) is 0 Å². The van der Waals surface area contributed by atoms with E-state index in [-0.39, 0.29) is 5.69 Å². The molecule has 2 aromatic carbocycles. The van der Waals surface area contributed by atoms with E-state index in [0.717, 1.165) is 15.6 Å². The van der Waals surface area contributed by atoms with Gasteiger partial charge in [-0.05, 0) is 49.4 Å². The van der Waals surface area contributed by atoms with Gasteiger partial charge in [-0.3, -0.25) is 0 Å².